The Balaban J connectivity index is 3.18. The van der Waals surface area contributed by atoms with Gasteiger partial charge in [-0.05, 0) is 39.3 Å². The van der Waals surface area contributed by atoms with Crippen molar-refractivity contribution in [2.75, 3.05) is 19.8 Å². The summed E-state index contributed by atoms with van der Waals surface area (Å²) < 4.78 is 21.6. The smallest absolute Gasteiger partial charge is 0.303 e. The first kappa shape index (κ1) is 15.4. The van der Waals surface area contributed by atoms with Crippen LogP contribution in [0.25, 0.3) is 0 Å². The molecule has 0 aliphatic rings. The Hall–Kier alpha value is -0.670. The highest BCUT2D eigenvalue weighted by atomic mass is 31.2. The molecule has 0 fully saturated rings. The topological polar surface area (TPSA) is 40.0 Å². The quantitative estimate of drug-likeness (QED) is 0.676. The Labute approximate surface area is 110 Å². The number of hydrogen-bond acceptors (Lipinski definition) is 4. The van der Waals surface area contributed by atoms with Gasteiger partial charge in [0.15, 0.2) is 0 Å². The molecule has 0 bridgehead atoms. The highest BCUT2D eigenvalue weighted by molar-refractivity contribution is 7.51. The van der Waals surface area contributed by atoms with Gasteiger partial charge in [-0.3, -0.25) is 0 Å². The van der Waals surface area contributed by atoms with Crippen LogP contribution in [0.2, 0.25) is 0 Å². The van der Waals surface area contributed by atoms with Gasteiger partial charge in [-0.15, -0.1) is 0 Å². The molecule has 0 N–H and O–H groups in total. The fourth-order valence-corrected chi connectivity index (χ4v) is 3.36. The summed E-state index contributed by atoms with van der Waals surface area (Å²) in [6, 6.07) is 7.89. The number of benzene rings is 1. The maximum absolute atomic E-state index is 5.67. The van der Waals surface area contributed by atoms with E-state index in [2.05, 4.69) is 4.74 Å². The van der Waals surface area contributed by atoms with Gasteiger partial charge < -0.3 is 13.6 Å². The van der Waals surface area contributed by atoms with Crippen molar-refractivity contribution in [1.29, 1.82) is 0 Å². The van der Waals surface area contributed by atoms with Crippen molar-refractivity contribution < 1.29 is 13.6 Å². The van der Waals surface area contributed by atoms with E-state index in [-0.39, 0.29) is 0 Å². The second-order valence-electron chi connectivity index (χ2n) is 3.61. The van der Waals surface area contributed by atoms with Crippen molar-refractivity contribution in [3.05, 3.63) is 29.8 Å². The lowest BCUT2D eigenvalue weighted by atomic mass is 10.2. The number of aryl methyl sites for hydroxylation is 1. The summed E-state index contributed by atoms with van der Waals surface area (Å²) in [6.45, 7) is 9.31. The van der Waals surface area contributed by atoms with Crippen LogP contribution in [0.3, 0.4) is 0 Å². The maximum atomic E-state index is 5.67. The SMILES string of the molecule is CCOP(=Nc1ccccc1C)(OCC)OCC. The summed E-state index contributed by atoms with van der Waals surface area (Å²) in [5.74, 6) is 0. The summed E-state index contributed by atoms with van der Waals surface area (Å²) in [5.41, 5.74) is 1.95. The third-order valence-corrected chi connectivity index (χ3v) is 4.44. The summed E-state index contributed by atoms with van der Waals surface area (Å²) in [5, 5.41) is 0. The lowest BCUT2D eigenvalue weighted by Crippen LogP contribution is -2.00. The first-order chi connectivity index (χ1) is 8.67. The van der Waals surface area contributed by atoms with Gasteiger partial charge in [-0.2, -0.15) is 4.74 Å². The molecule has 18 heavy (non-hydrogen) atoms. The van der Waals surface area contributed by atoms with Crippen LogP contribution in [0.1, 0.15) is 26.3 Å². The van der Waals surface area contributed by atoms with Crippen molar-refractivity contribution in [3.63, 3.8) is 0 Å². The lowest BCUT2D eigenvalue weighted by molar-refractivity contribution is 0.163. The van der Waals surface area contributed by atoms with Crippen LogP contribution in [-0.2, 0) is 13.6 Å². The number of rotatable bonds is 7. The molecule has 0 atom stereocenters. The van der Waals surface area contributed by atoms with Gasteiger partial charge >= 0.3 is 7.74 Å². The standard InChI is InChI=1S/C13H22NO3P/c1-5-15-18(16-6-2,17-7-3)14-13-11-9-8-10-12(13)4/h8-11H,5-7H2,1-4H3. The van der Waals surface area contributed by atoms with Gasteiger partial charge in [0.1, 0.15) is 0 Å². The molecule has 1 rings (SSSR count). The van der Waals surface area contributed by atoms with Crippen molar-refractivity contribution >= 4 is 13.4 Å². The zero-order valence-corrected chi connectivity index (χ0v) is 12.4. The molecule has 102 valence electrons. The van der Waals surface area contributed by atoms with Gasteiger partial charge in [0.2, 0.25) is 0 Å². The molecule has 0 saturated heterocycles. The van der Waals surface area contributed by atoms with Gasteiger partial charge in [0.05, 0.1) is 25.5 Å². The van der Waals surface area contributed by atoms with E-state index in [0.717, 1.165) is 11.3 Å². The summed E-state index contributed by atoms with van der Waals surface area (Å²) in [6.07, 6.45) is 0. The number of nitrogens with zero attached hydrogens (tertiary/aromatic N) is 1. The summed E-state index contributed by atoms with van der Waals surface area (Å²) in [7, 11) is -2.62. The Morgan fingerprint density at radius 1 is 0.944 bits per heavy atom. The third kappa shape index (κ3) is 4.21. The largest absolute Gasteiger partial charge is 0.360 e. The van der Waals surface area contributed by atoms with Crippen LogP contribution in [-0.4, -0.2) is 19.8 Å². The molecule has 1 aromatic rings. The maximum Gasteiger partial charge on any atom is 0.360 e. The molecular weight excluding hydrogens is 249 g/mol. The normalized spacial score (nSPS) is 11.6. The third-order valence-electron chi connectivity index (χ3n) is 2.22. The lowest BCUT2D eigenvalue weighted by Gasteiger charge is -2.22. The van der Waals surface area contributed by atoms with Crippen molar-refractivity contribution in [2.24, 2.45) is 4.74 Å². The highest BCUT2D eigenvalue weighted by Crippen LogP contribution is 2.55. The first-order valence-electron chi connectivity index (χ1n) is 6.29. The van der Waals surface area contributed by atoms with Crippen LogP contribution in [0.4, 0.5) is 5.69 Å². The molecule has 0 spiro atoms. The van der Waals surface area contributed by atoms with Crippen LogP contribution < -0.4 is 0 Å². The average molecular weight is 271 g/mol. The fraction of sp³-hybridized carbons (Fsp3) is 0.538. The molecule has 4 nitrogen and oxygen atoms in total. The molecule has 0 saturated carbocycles. The Morgan fingerprint density at radius 2 is 1.44 bits per heavy atom. The minimum atomic E-state index is -2.62. The van der Waals surface area contributed by atoms with E-state index in [4.69, 9.17) is 13.6 Å². The molecule has 0 aliphatic heterocycles. The van der Waals surface area contributed by atoms with Crippen LogP contribution in [0.5, 0.6) is 0 Å². The van der Waals surface area contributed by atoms with E-state index in [1.807, 2.05) is 52.0 Å². The highest BCUT2D eigenvalue weighted by Gasteiger charge is 2.22. The Morgan fingerprint density at radius 3 is 1.89 bits per heavy atom. The van der Waals surface area contributed by atoms with E-state index >= 15 is 0 Å². The first-order valence-corrected chi connectivity index (χ1v) is 7.78. The van der Waals surface area contributed by atoms with Crippen molar-refractivity contribution in [2.45, 2.75) is 27.7 Å². The summed E-state index contributed by atoms with van der Waals surface area (Å²) in [4.78, 5) is 0. The zero-order valence-electron chi connectivity index (χ0n) is 11.5. The molecule has 0 aliphatic carbocycles. The molecule has 0 unspecified atom stereocenters. The minimum absolute atomic E-state index is 0.517. The van der Waals surface area contributed by atoms with Crippen molar-refractivity contribution in [1.82, 2.24) is 0 Å². The number of hydrogen-bond donors (Lipinski definition) is 0. The molecule has 0 radical (unpaired) electrons. The van der Waals surface area contributed by atoms with Crippen molar-refractivity contribution in [3.8, 4) is 0 Å². The van der Waals surface area contributed by atoms with Gasteiger partial charge in [-0.1, -0.05) is 18.2 Å². The van der Waals surface area contributed by atoms with Crippen LogP contribution in [0.15, 0.2) is 29.0 Å². The van der Waals surface area contributed by atoms with Crippen LogP contribution >= 0.6 is 7.74 Å². The van der Waals surface area contributed by atoms with E-state index in [1.165, 1.54) is 0 Å². The van der Waals surface area contributed by atoms with E-state index in [1.54, 1.807) is 0 Å². The predicted octanol–water partition coefficient (Wildman–Crippen LogP) is 4.68. The van der Waals surface area contributed by atoms with Gasteiger partial charge in [0, 0.05) is 0 Å². The molecule has 1 aromatic carbocycles. The molecule has 0 aromatic heterocycles. The second kappa shape index (κ2) is 7.70. The minimum Gasteiger partial charge on any atom is -0.303 e. The van der Waals surface area contributed by atoms with Crippen LogP contribution in [0, 0.1) is 6.92 Å². The van der Waals surface area contributed by atoms with E-state index < -0.39 is 7.74 Å². The van der Waals surface area contributed by atoms with E-state index in [9.17, 15) is 0 Å². The van der Waals surface area contributed by atoms with Gasteiger partial charge in [-0.25, -0.2) is 0 Å². The molecule has 0 amide bonds. The second-order valence-corrected chi connectivity index (χ2v) is 5.52. The molecule has 5 heteroatoms. The van der Waals surface area contributed by atoms with Gasteiger partial charge in [0.25, 0.3) is 0 Å². The van der Waals surface area contributed by atoms with E-state index in [0.29, 0.717) is 19.8 Å². The summed E-state index contributed by atoms with van der Waals surface area (Å²) >= 11 is 0. The average Bonchev–Trinajstić information content (AvgIpc) is 2.33. The zero-order chi connectivity index (χ0) is 13.4. The Bertz CT molecular complexity index is 397. The Kier molecular flexibility index (Phi) is 6.58. The fourth-order valence-electron chi connectivity index (χ4n) is 1.50. The molecule has 0 heterocycles. The predicted molar refractivity (Wildman–Crippen MR) is 75.1 cm³/mol. The monoisotopic (exact) mass is 271 g/mol. The molecular formula is C13H22NO3P.